The second-order valence-corrected chi connectivity index (χ2v) is 18.0. The van der Waals surface area contributed by atoms with E-state index in [9.17, 15) is 48.6 Å². The number of aliphatic carboxylic acids is 1. The zero-order chi connectivity index (χ0) is 56.7. The van der Waals surface area contributed by atoms with E-state index < -0.39 is 96.2 Å². The molecule has 30 nitrogen and oxygen atoms in total. The van der Waals surface area contributed by atoms with Gasteiger partial charge in [0.2, 0.25) is 41.4 Å². The molecule has 0 spiro atoms. The Kier molecular flexibility index (Phi) is 28.0. The van der Waals surface area contributed by atoms with Crippen molar-refractivity contribution in [2.45, 2.75) is 126 Å². The van der Waals surface area contributed by atoms with E-state index in [-0.39, 0.29) is 88.7 Å². The van der Waals surface area contributed by atoms with Crippen molar-refractivity contribution >= 4 is 59.2 Å². The molecule has 0 saturated carbocycles. The lowest BCUT2D eigenvalue weighted by Gasteiger charge is -2.26. The van der Waals surface area contributed by atoms with E-state index in [4.69, 9.17) is 40.1 Å². The lowest BCUT2D eigenvalue weighted by molar-refractivity contribution is -0.142. The fraction of sp³-hybridized carbons (Fsp3) is 0.532. The van der Waals surface area contributed by atoms with Crippen LogP contribution in [0.2, 0.25) is 0 Å². The molecule has 7 atom stereocenters. The summed E-state index contributed by atoms with van der Waals surface area (Å²) in [5, 5.41) is 37.9. The fourth-order valence-corrected chi connectivity index (χ4v) is 7.57. The molecule has 7 amide bonds. The van der Waals surface area contributed by atoms with Crippen molar-refractivity contribution in [2.75, 3.05) is 32.7 Å². The number of rotatable bonds is 37. The summed E-state index contributed by atoms with van der Waals surface area (Å²) >= 11 is 0. The van der Waals surface area contributed by atoms with Crippen LogP contribution in [0.25, 0.3) is 0 Å². The van der Waals surface area contributed by atoms with Gasteiger partial charge < -0.3 is 97.5 Å². The number of carboxylic acid groups (broad SMARTS) is 1. The number of nitrogens with zero attached hydrogens (tertiary/aromatic N) is 4. The van der Waals surface area contributed by atoms with Crippen LogP contribution in [0.3, 0.4) is 0 Å². The number of aromatic hydroxyl groups is 1. The number of carbonyl (C=O) groups excluding carboxylic acids is 7. The molecule has 0 bridgehead atoms. The van der Waals surface area contributed by atoms with Crippen LogP contribution in [0.5, 0.6) is 5.75 Å². The topological polar surface area (TPSA) is 525 Å². The van der Waals surface area contributed by atoms with Crippen molar-refractivity contribution in [1.29, 1.82) is 0 Å². The number of amides is 7. The Labute approximate surface area is 444 Å². The first-order valence-corrected chi connectivity index (χ1v) is 25.1. The Bertz CT molecular complexity index is 2380. The summed E-state index contributed by atoms with van der Waals surface area (Å²) in [5.41, 5.74) is 40.4. The maximum absolute atomic E-state index is 14.3. The molecule has 0 unspecified atom stereocenters. The quantitative estimate of drug-likeness (QED) is 0.0146. The summed E-state index contributed by atoms with van der Waals surface area (Å²) in [6, 6.07) is -3.27. The fourth-order valence-electron chi connectivity index (χ4n) is 7.57. The van der Waals surface area contributed by atoms with Crippen molar-refractivity contribution in [3.63, 3.8) is 0 Å². The number of phenolic OH excluding ortho intramolecular Hbond substituents is 1. The number of H-pyrrole nitrogens is 2. The number of guanidine groups is 2. The molecular formula is C47H76N20O10. The van der Waals surface area contributed by atoms with Crippen molar-refractivity contribution in [3.8, 4) is 5.75 Å². The number of hydrogen-bond donors (Lipinski definition) is 18. The molecule has 77 heavy (non-hydrogen) atoms. The third-order valence-electron chi connectivity index (χ3n) is 11.7. The predicted molar refractivity (Wildman–Crippen MR) is 282 cm³/mol. The second kappa shape index (κ2) is 34.2. The monoisotopic (exact) mass is 1080 g/mol. The smallest absolute Gasteiger partial charge is 0.326 e. The number of unbranched alkanes of at least 4 members (excludes halogenated alkanes) is 2. The summed E-state index contributed by atoms with van der Waals surface area (Å²) < 4.78 is 0. The zero-order valence-electron chi connectivity index (χ0n) is 42.9. The molecule has 0 aliphatic heterocycles. The van der Waals surface area contributed by atoms with Gasteiger partial charge in [-0.3, -0.25) is 43.5 Å². The van der Waals surface area contributed by atoms with Gasteiger partial charge in [0.1, 0.15) is 42.0 Å². The van der Waals surface area contributed by atoms with Crippen LogP contribution >= 0.6 is 0 Å². The number of aromatic nitrogens is 4. The van der Waals surface area contributed by atoms with Gasteiger partial charge >= 0.3 is 5.97 Å². The Morgan fingerprint density at radius 1 is 0.532 bits per heavy atom. The molecule has 2 aromatic heterocycles. The van der Waals surface area contributed by atoms with E-state index in [1.165, 1.54) is 49.3 Å². The summed E-state index contributed by atoms with van der Waals surface area (Å²) in [7, 11) is 0. The molecule has 2 heterocycles. The third kappa shape index (κ3) is 24.7. The first-order valence-electron chi connectivity index (χ1n) is 25.1. The van der Waals surface area contributed by atoms with Crippen molar-refractivity contribution < 1.29 is 48.6 Å². The van der Waals surface area contributed by atoms with Crippen LogP contribution in [0.1, 0.15) is 81.2 Å². The standard InChI is InChI=1S/C47H76N20O10/c48-15-3-1-7-31(50)39(70)63-33(9-5-17-57-46(51)52)42(73)67-37(21-29-23-56-26-61-29)44(75)66-36(20-28-22-55-25-60-28)40(71)59-24-38(69)62-35(19-27-11-13-30(68)14-12-27)43(74)64-32(8-2-4-16-49)41(72)65-34(45(76)77)10-6-18-58-47(53)54/h11-14,22-23,25-26,31-37,68H,1-10,15-21,24,48-50H2,(H,55,60)(H,56,61)(H,59,71)(H,62,69)(H,63,70)(H,64,74)(H,65,72)(H,66,75)(H,67,73)(H,76,77)(H4,51,52,57)(H4,53,54,58)/t31-,32-,33-,34-,35-,36-,37-/m0/s1. The number of nitrogens with one attached hydrogen (secondary N) is 9. The highest BCUT2D eigenvalue weighted by molar-refractivity contribution is 5.97. The first kappa shape index (κ1) is 62.9. The number of aromatic amines is 2. The molecule has 1 aromatic carbocycles. The largest absolute Gasteiger partial charge is 0.508 e. The number of carbonyl (C=O) groups is 8. The van der Waals surface area contributed by atoms with Crippen LogP contribution in [0, 0.1) is 0 Å². The van der Waals surface area contributed by atoms with E-state index in [1.54, 1.807) is 0 Å². The number of nitrogens with two attached hydrogens (primary N) is 7. The normalized spacial score (nSPS) is 13.6. The Hall–Kier alpha value is -8.38. The van der Waals surface area contributed by atoms with E-state index in [0.29, 0.717) is 55.6 Å². The molecule has 0 aliphatic carbocycles. The van der Waals surface area contributed by atoms with Gasteiger partial charge in [0.25, 0.3) is 0 Å². The van der Waals surface area contributed by atoms with Crippen LogP contribution in [-0.2, 0) is 57.6 Å². The predicted octanol–water partition coefficient (Wildman–Crippen LogP) is -5.33. The summed E-state index contributed by atoms with van der Waals surface area (Å²) in [6.07, 6.45) is 7.83. The first-order chi connectivity index (χ1) is 36.8. The maximum Gasteiger partial charge on any atom is 0.326 e. The molecule has 30 heteroatoms. The van der Waals surface area contributed by atoms with E-state index in [2.05, 4.69) is 67.1 Å². The molecule has 25 N–H and O–H groups in total. The average molecular weight is 1080 g/mol. The van der Waals surface area contributed by atoms with E-state index >= 15 is 0 Å². The Balaban J connectivity index is 1.85. The number of imidazole rings is 2. The zero-order valence-corrected chi connectivity index (χ0v) is 42.9. The minimum absolute atomic E-state index is 0.0359. The Morgan fingerprint density at radius 2 is 0.961 bits per heavy atom. The van der Waals surface area contributed by atoms with Gasteiger partial charge in [-0.05, 0) is 88.6 Å². The lowest BCUT2D eigenvalue weighted by atomic mass is 10.0. The highest BCUT2D eigenvalue weighted by atomic mass is 16.4. The van der Waals surface area contributed by atoms with Crippen molar-refractivity contribution in [1.82, 2.24) is 57.2 Å². The van der Waals surface area contributed by atoms with Gasteiger partial charge in [0, 0.05) is 56.1 Å². The molecular weight excluding hydrogens is 1000 g/mol. The van der Waals surface area contributed by atoms with Gasteiger partial charge in [0.15, 0.2) is 11.9 Å². The molecule has 3 rings (SSSR count). The van der Waals surface area contributed by atoms with Crippen molar-refractivity contribution in [3.05, 3.63) is 66.3 Å². The van der Waals surface area contributed by atoms with Gasteiger partial charge in [-0.1, -0.05) is 18.6 Å². The highest BCUT2D eigenvalue weighted by Gasteiger charge is 2.33. The maximum atomic E-state index is 14.3. The molecule has 3 aromatic rings. The van der Waals surface area contributed by atoms with Crippen LogP contribution in [-0.4, -0.2) is 164 Å². The molecule has 0 aliphatic rings. The third-order valence-corrected chi connectivity index (χ3v) is 11.7. The molecule has 0 fully saturated rings. The number of phenols is 1. The number of benzene rings is 1. The van der Waals surface area contributed by atoms with Crippen LogP contribution in [0.15, 0.2) is 59.3 Å². The summed E-state index contributed by atoms with van der Waals surface area (Å²) in [5.74, 6) is -7.41. The SMILES string of the molecule is NCCCC[C@H](NC(=O)[C@H](Cc1ccc(O)cc1)NC(=O)CNC(=O)[C@H](Cc1cnc[nH]1)NC(=O)[C@H](Cc1cnc[nH]1)NC(=O)[C@H](CCCN=C(N)N)NC(=O)[C@@H](N)CCCCN)C(=O)N[C@@H](CCCN=C(N)N)C(=O)O. The lowest BCUT2D eigenvalue weighted by Crippen LogP contribution is -2.59. The summed E-state index contributed by atoms with van der Waals surface area (Å²) in [4.78, 5) is 131. The second-order valence-electron chi connectivity index (χ2n) is 18.0. The van der Waals surface area contributed by atoms with Crippen LogP contribution in [0.4, 0.5) is 0 Å². The molecule has 0 saturated heterocycles. The van der Waals surface area contributed by atoms with Crippen molar-refractivity contribution in [2.24, 2.45) is 50.1 Å². The van der Waals surface area contributed by atoms with Gasteiger partial charge in [-0.2, -0.15) is 0 Å². The van der Waals surface area contributed by atoms with Gasteiger partial charge in [0.05, 0.1) is 25.2 Å². The van der Waals surface area contributed by atoms with Gasteiger partial charge in [-0.15, -0.1) is 0 Å². The minimum atomic E-state index is -1.41. The summed E-state index contributed by atoms with van der Waals surface area (Å²) in [6.45, 7) is 0.155. The number of carboxylic acids is 1. The van der Waals surface area contributed by atoms with Crippen LogP contribution < -0.4 is 77.4 Å². The van der Waals surface area contributed by atoms with E-state index in [1.807, 2.05) is 0 Å². The minimum Gasteiger partial charge on any atom is -0.508 e. The number of aliphatic imine (C=N–C) groups is 2. The van der Waals surface area contributed by atoms with Gasteiger partial charge in [-0.25, -0.2) is 14.8 Å². The number of hydrogen-bond acceptors (Lipinski definition) is 16. The van der Waals surface area contributed by atoms with E-state index in [0.717, 1.165) is 0 Å². The average Bonchev–Trinajstić information content (AvgIpc) is 4.12. The molecule has 0 radical (unpaired) electrons. The Morgan fingerprint density at radius 3 is 1.44 bits per heavy atom. The molecule has 424 valence electrons. The highest BCUT2D eigenvalue weighted by Crippen LogP contribution is 2.13.